The smallest absolute Gasteiger partial charge is 0.413 e. The van der Waals surface area contributed by atoms with Crippen LogP contribution in [-0.4, -0.2) is 9.79 Å². The molecule has 0 saturated heterocycles. The number of allylic oxidation sites excluding steroid dienone is 1. The van der Waals surface area contributed by atoms with Gasteiger partial charge in [0.1, 0.15) is 0 Å². The van der Waals surface area contributed by atoms with Gasteiger partial charge in [-0.2, -0.15) is 0 Å². The van der Waals surface area contributed by atoms with Gasteiger partial charge in [0.15, 0.2) is 0 Å². The monoisotopic (exact) mass is 250 g/mol. The van der Waals surface area contributed by atoms with Gasteiger partial charge in [0.2, 0.25) is 0 Å². The number of phosphoric ester groups is 1. The molecule has 0 radical (unpaired) electrons. The molecule has 0 rings (SSSR count). The standard InChI is InChI=1S/C11H23O4P/c1-2-3-4-5-6-7-8-9-10-11-15-16(12,13)14/h10-11H,2-9H2,1H3,(H2,12,13,14). The van der Waals surface area contributed by atoms with Crippen LogP contribution in [0.5, 0.6) is 0 Å². The second kappa shape index (κ2) is 9.88. The third kappa shape index (κ3) is 13.7. The van der Waals surface area contributed by atoms with Crippen molar-refractivity contribution >= 4 is 7.82 Å². The quantitative estimate of drug-likeness (QED) is 0.352. The minimum atomic E-state index is -4.33. The van der Waals surface area contributed by atoms with Crippen LogP contribution in [0, 0.1) is 0 Å². The highest BCUT2D eigenvalue weighted by atomic mass is 31.2. The van der Waals surface area contributed by atoms with E-state index < -0.39 is 7.82 Å². The summed E-state index contributed by atoms with van der Waals surface area (Å²) in [5, 5.41) is 0. The second-order valence-corrected chi connectivity index (χ2v) is 5.07. The summed E-state index contributed by atoms with van der Waals surface area (Å²) in [4.78, 5) is 16.8. The molecule has 0 saturated carbocycles. The molecule has 0 aliphatic rings. The summed E-state index contributed by atoms with van der Waals surface area (Å²) in [7, 11) is -4.33. The Morgan fingerprint density at radius 1 is 1.06 bits per heavy atom. The maximum Gasteiger partial charge on any atom is 0.524 e. The van der Waals surface area contributed by atoms with Crippen LogP contribution in [0.3, 0.4) is 0 Å². The van der Waals surface area contributed by atoms with E-state index in [1.807, 2.05) is 0 Å². The lowest BCUT2D eigenvalue weighted by Crippen LogP contribution is -1.80. The maximum absolute atomic E-state index is 10.3. The van der Waals surface area contributed by atoms with Crippen LogP contribution >= 0.6 is 7.82 Å². The number of phosphoric acid groups is 1. The van der Waals surface area contributed by atoms with Crippen molar-refractivity contribution < 1.29 is 18.9 Å². The van der Waals surface area contributed by atoms with E-state index in [2.05, 4.69) is 11.4 Å². The second-order valence-electron chi connectivity index (χ2n) is 3.88. The molecular formula is C11H23O4P. The minimum absolute atomic E-state index is 0.813. The summed E-state index contributed by atoms with van der Waals surface area (Å²) >= 11 is 0. The Bertz CT molecular complexity index is 222. The first-order valence-corrected chi connectivity index (χ1v) is 7.48. The molecule has 0 spiro atoms. The first kappa shape index (κ1) is 15.7. The van der Waals surface area contributed by atoms with Crippen LogP contribution in [0.15, 0.2) is 12.3 Å². The third-order valence-corrected chi connectivity index (χ3v) is 2.67. The van der Waals surface area contributed by atoms with Gasteiger partial charge in [-0.3, -0.25) is 9.79 Å². The first-order valence-electron chi connectivity index (χ1n) is 5.95. The predicted octanol–water partition coefficient (Wildman–Crippen LogP) is 3.75. The maximum atomic E-state index is 10.3. The summed E-state index contributed by atoms with van der Waals surface area (Å²) in [6.07, 6.45) is 12.2. The Kier molecular flexibility index (Phi) is 9.69. The zero-order chi connectivity index (χ0) is 12.3. The molecule has 0 aromatic rings. The number of unbranched alkanes of at least 4 members (excludes halogenated alkanes) is 7. The molecule has 0 unspecified atom stereocenters. The highest BCUT2D eigenvalue weighted by Gasteiger charge is 2.10. The van der Waals surface area contributed by atoms with Crippen molar-refractivity contribution in [3.8, 4) is 0 Å². The van der Waals surface area contributed by atoms with E-state index in [4.69, 9.17) is 9.79 Å². The van der Waals surface area contributed by atoms with Crippen LogP contribution in [0.1, 0.15) is 58.3 Å². The molecule has 0 bridgehead atoms. The third-order valence-electron chi connectivity index (χ3n) is 2.27. The average Bonchev–Trinajstić information content (AvgIpc) is 2.19. The van der Waals surface area contributed by atoms with Gasteiger partial charge in [-0.25, -0.2) is 4.57 Å². The van der Waals surface area contributed by atoms with E-state index in [1.165, 1.54) is 38.5 Å². The van der Waals surface area contributed by atoms with Crippen LogP contribution in [0.25, 0.3) is 0 Å². The van der Waals surface area contributed by atoms with Crippen molar-refractivity contribution in [1.82, 2.24) is 0 Å². The van der Waals surface area contributed by atoms with Gasteiger partial charge in [-0.05, 0) is 18.9 Å². The fraction of sp³-hybridized carbons (Fsp3) is 0.818. The van der Waals surface area contributed by atoms with E-state index in [-0.39, 0.29) is 0 Å². The van der Waals surface area contributed by atoms with E-state index in [1.54, 1.807) is 6.08 Å². The Hall–Kier alpha value is -0.310. The van der Waals surface area contributed by atoms with Gasteiger partial charge in [-0.1, -0.05) is 45.4 Å². The molecule has 5 heteroatoms. The number of rotatable bonds is 10. The molecular weight excluding hydrogens is 227 g/mol. The fourth-order valence-corrected chi connectivity index (χ4v) is 1.65. The van der Waals surface area contributed by atoms with Gasteiger partial charge in [0.25, 0.3) is 0 Å². The number of hydrogen-bond donors (Lipinski definition) is 2. The normalized spacial score (nSPS) is 12.2. The number of hydrogen-bond acceptors (Lipinski definition) is 2. The van der Waals surface area contributed by atoms with Gasteiger partial charge in [0.05, 0.1) is 6.26 Å². The zero-order valence-corrected chi connectivity index (χ0v) is 10.9. The van der Waals surface area contributed by atoms with E-state index in [0.717, 1.165) is 19.1 Å². The summed E-state index contributed by atoms with van der Waals surface area (Å²) < 4.78 is 14.5. The zero-order valence-electron chi connectivity index (χ0n) is 9.97. The SMILES string of the molecule is CCCCCCCCCC=COP(=O)(O)O. The molecule has 0 aromatic heterocycles. The molecule has 96 valence electrons. The minimum Gasteiger partial charge on any atom is -0.413 e. The van der Waals surface area contributed by atoms with Crippen molar-refractivity contribution in [3.05, 3.63) is 12.3 Å². The lowest BCUT2D eigenvalue weighted by atomic mass is 10.1. The molecule has 0 aliphatic heterocycles. The Morgan fingerprint density at radius 2 is 1.62 bits per heavy atom. The fourth-order valence-electron chi connectivity index (χ4n) is 1.41. The van der Waals surface area contributed by atoms with Crippen LogP contribution < -0.4 is 0 Å². The lowest BCUT2D eigenvalue weighted by molar-refractivity contribution is 0.258. The predicted molar refractivity (Wildman–Crippen MR) is 64.9 cm³/mol. The average molecular weight is 250 g/mol. The van der Waals surface area contributed by atoms with E-state index in [0.29, 0.717) is 0 Å². The molecule has 4 nitrogen and oxygen atoms in total. The Labute approximate surface area is 98.0 Å². The first-order chi connectivity index (χ1) is 7.56. The van der Waals surface area contributed by atoms with Crippen molar-refractivity contribution in [3.63, 3.8) is 0 Å². The van der Waals surface area contributed by atoms with Crippen LogP contribution in [0.4, 0.5) is 0 Å². The largest absolute Gasteiger partial charge is 0.524 e. The Balaban J connectivity index is 3.18. The van der Waals surface area contributed by atoms with Crippen molar-refractivity contribution in [2.75, 3.05) is 0 Å². The van der Waals surface area contributed by atoms with Crippen LogP contribution in [0.2, 0.25) is 0 Å². The molecule has 0 aliphatic carbocycles. The van der Waals surface area contributed by atoms with Gasteiger partial charge < -0.3 is 4.52 Å². The molecule has 0 fully saturated rings. The Morgan fingerprint density at radius 3 is 2.19 bits per heavy atom. The highest BCUT2D eigenvalue weighted by Crippen LogP contribution is 2.35. The highest BCUT2D eigenvalue weighted by molar-refractivity contribution is 7.46. The van der Waals surface area contributed by atoms with Gasteiger partial charge in [0, 0.05) is 0 Å². The summed E-state index contributed by atoms with van der Waals surface area (Å²) in [6, 6.07) is 0. The van der Waals surface area contributed by atoms with Gasteiger partial charge >= 0.3 is 7.82 Å². The molecule has 0 amide bonds. The summed E-state index contributed by atoms with van der Waals surface area (Å²) in [5.41, 5.74) is 0. The molecule has 2 N–H and O–H groups in total. The summed E-state index contributed by atoms with van der Waals surface area (Å²) in [6.45, 7) is 2.20. The molecule has 16 heavy (non-hydrogen) atoms. The molecule has 0 heterocycles. The van der Waals surface area contributed by atoms with Crippen molar-refractivity contribution in [1.29, 1.82) is 0 Å². The molecule has 0 aromatic carbocycles. The van der Waals surface area contributed by atoms with Crippen molar-refractivity contribution in [2.24, 2.45) is 0 Å². The summed E-state index contributed by atoms with van der Waals surface area (Å²) in [5.74, 6) is 0. The lowest BCUT2D eigenvalue weighted by Gasteiger charge is -2.00. The van der Waals surface area contributed by atoms with E-state index >= 15 is 0 Å². The van der Waals surface area contributed by atoms with Crippen LogP contribution in [-0.2, 0) is 9.09 Å². The molecule has 0 atom stereocenters. The topological polar surface area (TPSA) is 66.8 Å². The van der Waals surface area contributed by atoms with E-state index in [9.17, 15) is 4.57 Å². The van der Waals surface area contributed by atoms with Crippen molar-refractivity contribution in [2.45, 2.75) is 58.3 Å². The van der Waals surface area contributed by atoms with Gasteiger partial charge in [-0.15, -0.1) is 0 Å².